The van der Waals surface area contributed by atoms with Crippen molar-refractivity contribution in [2.75, 3.05) is 0 Å². The predicted molar refractivity (Wildman–Crippen MR) is 220 cm³/mol. The minimum absolute atomic E-state index is 0.205. The van der Waals surface area contributed by atoms with Gasteiger partial charge >= 0.3 is 37.9 Å². The molecule has 0 unspecified atom stereocenters. The van der Waals surface area contributed by atoms with Crippen LogP contribution in [0.4, 0.5) is 0 Å². The van der Waals surface area contributed by atoms with Crippen LogP contribution in [0.2, 0.25) is 13.1 Å². The van der Waals surface area contributed by atoms with Crippen LogP contribution in [0.5, 0.6) is 0 Å². The summed E-state index contributed by atoms with van der Waals surface area (Å²) in [6, 6.07) is 38.4. The second-order valence-electron chi connectivity index (χ2n) is 14.7. The van der Waals surface area contributed by atoms with Crippen LogP contribution in [0.15, 0.2) is 103 Å². The van der Waals surface area contributed by atoms with Crippen LogP contribution in [0.3, 0.4) is 0 Å². The molecule has 256 valence electrons. The second kappa shape index (κ2) is 18.9. The summed E-state index contributed by atoms with van der Waals surface area (Å²) in [5.41, 5.74) is 12.8. The zero-order valence-electron chi connectivity index (χ0n) is 31.5. The molecule has 0 bridgehead atoms. The zero-order chi connectivity index (χ0) is 36.4. The molecule has 0 nitrogen and oxygen atoms in total. The Labute approximate surface area is 318 Å². The molecule has 49 heavy (non-hydrogen) atoms. The van der Waals surface area contributed by atoms with Crippen molar-refractivity contribution in [3.8, 4) is 22.3 Å². The molecular formula is C45H54Cl2SiZr. The van der Waals surface area contributed by atoms with E-state index in [2.05, 4.69) is 179 Å². The summed E-state index contributed by atoms with van der Waals surface area (Å²) in [6.45, 7) is 24.6. The number of benzene rings is 4. The second-order valence-corrected chi connectivity index (χ2v) is 19.4. The molecule has 0 heterocycles. The Kier molecular flexibility index (Phi) is 15.9. The van der Waals surface area contributed by atoms with Crippen molar-refractivity contribution < 1.29 is 20.8 Å². The fourth-order valence-corrected chi connectivity index (χ4v) is 6.23. The van der Waals surface area contributed by atoms with Gasteiger partial charge < -0.3 is 0 Å². The number of halogens is 2. The van der Waals surface area contributed by atoms with E-state index in [1.165, 1.54) is 71.6 Å². The summed E-state index contributed by atoms with van der Waals surface area (Å²) in [4.78, 5) is 0. The summed E-state index contributed by atoms with van der Waals surface area (Å²) in [5, 5.41) is 5.51. The average molecular weight is 785 g/mol. The van der Waals surface area contributed by atoms with Crippen LogP contribution >= 0.6 is 17.0 Å². The molecule has 0 saturated carbocycles. The quantitative estimate of drug-likeness (QED) is 0.123. The molecule has 4 heteroatoms. The van der Waals surface area contributed by atoms with Crippen LogP contribution in [-0.2, 0) is 44.5 Å². The fraction of sp³-hybridized carbons (Fsp3) is 0.333. The van der Waals surface area contributed by atoms with Gasteiger partial charge in [0.15, 0.2) is 0 Å². The monoisotopic (exact) mass is 782 g/mol. The van der Waals surface area contributed by atoms with Gasteiger partial charge in [0, 0.05) is 9.52 Å². The van der Waals surface area contributed by atoms with Crippen LogP contribution in [0.25, 0.3) is 43.8 Å². The van der Waals surface area contributed by atoms with E-state index >= 15 is 0 Å². The van der Waals surface area contributed by atoms with Gasteiger partial charge in [-0.3, -0.25) is 0 Å². The minimum atomic E-state index is -0.826. The third-order valence-corrected chi connectivity index (χ3v) is 9.01. The average Bonchev–Trinajstić information content (AvgIpc) is 3.65. The summed E-state index contributed by atoms with van der Waals surface area (Å²) in [6.07, 6.45) is 2.19. The zero-order valence-corrected chi connectivity index (χ0v) is 36.5. The van der Waals surface area contributed by atoms with E-state index in [1.807, 2.05) is 0 Å². The van der Waals surface area contributed by atoms with E-state index in [0.717, 1.165) is 22.4 Å². The van der Waals surface area contributed by atoms with Gasteiger partial charge in [-0.15, -0.1) is 69.1 Å². The normalized spacial score (nSPS) is 11.1. The molecule has 0 fully saturated rings. The Morgan fingerprint density at radius 1 is 0.633 bits per heavy atom. The number of hydrogen-bond donors (Lipinski definition) is 0. The van der Waals surface area contributed by atoms with E-state index < -0.39 is 20.8 Å². The van der Waals surface area contributed by atoms with Crippen LogP contribution in [0.1, 0.15) is 83.2 Å². The number of fused-ring (bicyclic) bond motifs is 2. The first kappa shape index (κ1) is 41.2. The molecule has 0 N–H and O–H groups in total. The Morgan fingerprint density at radius 3 is 1.53 bits per heavy atom. The van der Waals surface area contributed by atoms with Crippen molar-refractivity contribution in [2.45, 2.75) is 99.1 Å². The molecule has 0 aliphatic carbocycles. The maximum absolute atomic E-state index is 4.93. The Balaban J connectivity index is 0.000000229. The molecular weight excluding hydrogens is 731 g/mol. The van der Waals surface area contributed by atoms with Crippen molar-refractivity contribution in [2.24, 2.45) is 0 Å². The summed E-state index contributed by atoms with van der Waals surface area (Å²) < 4.78 is 0. The van der Waals surface area contributed by atoms with Crippen molar-refractivity contribution in [1.29, 1.82) is 0 Å². The fourth-order valence-electron chi connectivity index (χ4n) is 6.23. The van der Waals surface area contributed by atoms with Crippen LogP contribution in [0, 0.1) is 6.92 Å². The summed E-state index contributed by atoms with van der Waals surface area (Å²) >= 11 is -0.826. The molecule has 0 aliphatic heterocycles. The van der Waals surface area contributed by atoms with Gasteiger partial charge in [0.05, 0.1) is 0 Å². The first-order valence-corrected chi connectivity index (χ1v) is 25.7. The molecule has 2 radical (unpaired) electrons. The molecule has 0 spiro atoms. The Bertz CT molecular complexity index is 1880. The number of rotatable bonds is 4. The van der Waals surface area contributed by atoms with Crippen LogP contribution in [-0.4, -0.2) is 9.52 Å². The molecule has 0 aromatic heterocycles. The number of hydrogen-bond acceptors (Lipinski definition) is 0. The van der Waals surface area contributed by atoms with E-state index in [-0.39, 0.29) is 10.8 Å². The SMILES string of the molecule is CCc1[cH-]c2cccc(-c3ccc(C(C)(C)C)cc3)c2c1C.CCc1cc2c(-c3ccc(C(C)(C)C)cc3)cccc2[cH-]1.C[Si]C.[Cl][Zr+2][Cl]. The van der Waals surface area contributed by atoms with E-state index in [0.29, 0.717) is 0 Å². The first-order valence-electron chi connectivity index (χ1n) is 17.4. The predicted octanol–water partition coefficient (Wildman–Crippen LogP) is 14.6. The van der Waals surface area contributed by atoms with Gasteiger partial charge in [0.25, 0.3) is 0 Å². The Morgan fingerprint density at radius 2 is 1.08 bits per heavy atom. The maximum atomic E-state index is 4.93. The number of aryl methyl sites for hydroxylation is 3. The van der Waals surface area contributed by atoms with E-state index in [4.69, 9.17) is 17.0 Å². The molecule has 6 aromatic carbocycles. The van der Waals surface area contributed by atoms with E-state index in [1.54, 1.807) is 0 Å². The van der Waals surface area contributed by atoms with Gasteiger partial charge in [-0.05, 0) is 45.9 Å². The van der Waals surface area contributed by atoms with Crippen molar-refractivity contribution >= 4 is 48.1 Å². The molecule has 0 saturated heterocycles. The van der Waals surface area contributed by atoms with Gasteiger partial charge in [-0.25, -0.2) is 0 Å². The standard InChI is InChI=1S/C22H25.C21H23.C2H6Si.2ClH.Zr/c1-6-16-14-18-8-7-9-20(21(18)15(16)2)17-10-12-19(13-11-17)22(3,4)5;1-5-15-13-17-7-6-8-19(20(17)14-15)16-9-11-18(12-10-16)21(2,3)4;1-3-2;;;/h7-14H,6H2,1-5H3;6-14H,5H2,1-4H3;1-2H3;2*1H;/q2*-1;;;;+4/p-2. The Hall–Kier alpha value is -2.22. The van der Waals surface area contributed by atoms with Gasteiger partial charge in [-0.1, -0.05) is 147 Å². The molecule has 6 aromatic rings. The van der Waals surface area contributed by atoms with Crippen molar-refractivity contribution in [1.82, 2.24) is 0 Å². The molecule has 0 atom stereocenters. The third kappa shape index (κ3) is 10.9. The van der Waals surface area contributed by atoms with Gasteiger partial charge in [-0.2, -0.15) is 11.6 Å². The van der Waals surface area contributed by atoms with E-state index in [9.17, 15) is 0 Å². The van der Waals surface area contributed by atoms with Gasteiger partial charge in [0.1, 0.15) is 0 Å². The summed E-state index contributed by atoms with van der Waals surface area (Å²) in [5.74, 6) is 0. The van der Waals surface area contributed by atoms with Crippen molar-refractivity contribution in [3.05, 3.63) is 131 Å². The van der Waals surface area contributed by atoms with Crippen LogP contribution < -0.4 is 0 Å². The molecule has 6 rings (SSSR count). The van der Waals surface area contributed by atoms with Crippen molar-refractivity contribution in [3.63, 3.8) is 0 Å². The molecule has 0 aliphatic rings. The van der Waals surface area contributed by atoms with Gasteiger partial charge in [0.2, 0.25) is 0 Å². The topological polar surface area (TPSA) is 0 Å². The molecule has 0 amide bonds. The summed E-state index contributed by atoms with van der Waals surface area (Å²) in [7, 11) is 11.0. The third-order valence-electron chi connectivity index (χ3n) is 9.01. The first-order chi connectivity index (χ1) is 23.2.